The largest absolute Gasteiger partial charge is 0.494 e. The van der Waals surface area contributed by atoms with Crippen LogP contribution in [0.4, 0.5) is 11.4 Å². The lowest BCUT2D eigenvalue weighted by atomic mass is 10.1. The number of thiocarbonyl (C=S) groups is 1. The topological polar surface area (TPSA) is 68.4 Å². The van der Waals surface area contributed by atoms with Crippen molar-refractivity contribution in [2.45, 2.75) is 32.2 Å². The highest BCUT2D eigenvalue weighted by Crippen LogP contribution is 2.29. The third kappa shape index (κ3) is 7.22. The van der Waals surface area contributed by atoms with Crippen LogP contribution < -0.4 is 15.0 Å². The van der Waals surface area contributed by atoms with Crippen LogP contribution in [0.2, 0.25) is 5.02 Å². The minimum atomic E-state index is -0.669. The Bertz CT molecular complexity index is 1110. The van der Waals surface area contributed by atoms with Crippen molar-refractivity contribution < 1.29 is 14.3 Å². The summed E-state index contributed by atoms with van der Waals surface area (Å²) in [5, 5.41) is 3.92. The lowest BCUT2D eigenvalue weighted by molar-refractivity contribution is -0.124. The zero-order chi connectivity index (χ0) is 27.1. The van der Waals surface area contributed by atoms with Crippen molar-refractivity contribution in [3.05, 3.63) is 53.6 Å². The fourth-order valence-electron chi connectivity index (χ4n) is 4.69. The molecule has 1 atom stereocenters. The first kappa shape index (κ1) is 28.3. The number of carbonyl (C=O) groups is 2. The maximum Gasteiger partial charge on any atom is 0.256 e. The lowest BCUT2D eigenvalue weighted by Gasteiger charge is -2.33. The number of ether oxygens (including phenoxy) is 1. The van der Waals surface area contributed by atoms with Gasteiger partial charge >= 0.3 is 0 Å². The summed E-state index contributed by atoms with van der Waals surface area (Å²) in [6, 6.07) is 13.6. The van der Waals surface area contributed by atoms with Gasteiger partial charge in [-0.05, 0) is 87.2 Å². The van der Waals surface area contributed by atoms with Gasteiger partial charge in [0.05, 0.1) is 18.7 Å². The van der Waals surface area contributed by atoms with Gasteiger partial charge in [-0.1, -0.05) is 18.5 Å². The summed E-state index contributed by atoms with van der Waals surface area (Å²) < 4.78 is 5.61. The molecule has 2 fully saturated rings. The molecule has 1 N–H and O–H groups in total. The first-order chi connectivity index (χ1) is 18.4. The summed E-state index contributed by atoms with van der Waals surface area (Å²) in [7, 11) is 2.14. The highest BCUT2D eigenvalue weighted by molar-refractivity contribution is 7.80. The molecule has 0 aromatic heterocycles. The summed E-state index contributed by atoms with van der Waals surface area (Å²) in [6.45, 7) is 8.39. The Hall–Kier alpha value is -2.72. The molecular weight excluding hydrogens is 522 g/mol. The van der Waals surface area contributed by atoms with E-state index in [9.17, 15) is 9.59 Å². The first-order valence-electron chi connectivity index (χ1n) is 13.2. The van der Waals surface area contributed by atoms with Crippen LogP contribution in [0, 0.1) is 0 Å². The molecule has 0 bridgehead atoms. The van der Waals surface area contributed by atoms with Crippen LogP contribution in [-0.2, 0) is 9.59 Å². The van der Waals surface area contributed by atoms with Crippen molar-refractivity contribution in [2.24, 2.45) is 0 Å². The average Bonchev–Trinajstić information content (AvgIpc) is 3.14. The Kier molecular flexibility index (Phi) is 9.96. The number of hydrogen-bond donors (Lipinski definition) is 1. The standard InChI is InChI=1S/C28H36ClN5O3S/c1-3-19-37-24-11-7-22(8-12-24)30-26(35)20-25-27(36)34(23-9-5-21(29)6-10-23)28(38)33(25)14-4-13-32-17-15-31(2)16-18-32/h5-12,25H,3-4,13-20H2,1-2H3,(H,30,35). The second-order valence-electron chi connectivity index (χ2n) is 9.77. The Morgan fingerprint density at radius 2 is 1.74 bits per heavy atom. The third-order valence-corrected chi connectivity index (χ3v) is 7.53. The van der Waals surface area contributed by atoms with Crippen molar-refractivity contribution in [3.8, 4) is 5.75 Å². The van der Waals surface area contributed by atoms with Gasteiger partial charge in [-0.25, -0.2) is 0 Å². The van der Waals surface area contributed by atoms with E-state index in [4.69, 9.17) is 28.6 Å². The zero-order valence-electron chi connectivity index (χ0n) is 22.1. The number of hydrogen-bond acceptors (Lipinski definition) is 6. The molecule has 4 rings (SSSR count). The summed E-state index contributed by atoms with van der Waals surface area (Å²) in [6.07, 6.45) is 1.78. The molecule has 38 heavy (non-hydrogen) atoms. The molecular formula is C28H36ClN5O3S. The molecule has 0 spiro atoms. The maximum atomic E-state index is 13.6. The molecule has 2 aromatic rings. The summed E-state index contributed by atoms with van der Waals surface area (Å²) >= 11 is 11.8. The van der Waals surface area contributed by atoms with E-state index in [-0.39, 0.29) is 18.2 Å². The second kappa shape index (κ2) is 13.4. The van der Waals surface area contributed by atoms with Crippen molar-refractivity contribution in [2.75, 3.05) is 63.1 Å². The van der Waals surface area contributed by atoms with Gasteiger partial charge in [0, 0.05) is 43.4 Å². The Balaban J connectivity index is 1.43. The fourth-order valence-corrected chi connectivity index (χ4v) is 5.23. The van der Waals surface area contributed by atoms with Crippen LogP contribution in [0.3, 0.4) is 0 Å². The van der Waals surface area contributed by atoms with Gasteiger partial charge in [-0.3, -0.25) is 14.5 Å². The van der Waals surface area contributed by atoms with Gasteiger partial charge in [0.25, 0.3) is 5.91 Å². The van der Waals surface area contributed by atoms with E-state index >= 15 is 0 Å². The third-order valence-electron chi connectivity index (χ3n) is 6.86. The molecule has 0 saturated carbocycles. The fraction of sp³-hybridized carbons (Fsp3) is 0.464. The molecule has 2 aliphatic rings. The van der Waals surface area contributed by atoms with Crippen molar-refractivity contribution >= 4 is 52.1 Å². The summed E-state index contributed by atoms with van der Waals surface area (Å²) in [4.78, 5) is 34.8. The van der Waals surface area contributed by atoms with Crippen molar-refractivity contribution in [1.82, 2.24) is 14.7 Å². The Labute approximate surface area is 235 Å². The van der Waals surface area contributed by atoms with Crippen LogP contribution in [-0.4, -0.2) is 90.6 Å². The van der Waals surface area contributed by atoms with Gasteiger partial charge in [0.1, 0.15) is 11.8 Å². The van der Waals surface area contributed by atoms with Crippen molar-refractivity contribution in [3.63, 3.8) is 0 Å². The first-order valence-corrected chi connectivity index (χ1v) is 14.0. The van der Waals surface area contributed by atoms with E-state index in [0.29, 0.717) is 34.7 Å². The molecule has 2 aliphatic heterocycles. The normalized spacial score (nSPS) is 18.8. The van der Waals surface area contributed by atoms with E-state index in [1.54, 1.807) is 36.4 Å². The van der Waals surface area contributed by atoms with E-state index < -0.39 is 6.04 Å². The zero-order valence-corrected chi connectivity index (χ0v) is 23.6. The Morgan fingerprint density at radius 3 is 2.39 bits per heavy atom. The molecule has 0 radical (unpaired) electrons. The number of likely N-dealkylation sites (N-methyl/N-ethyl adjacent to an activating group) is 1. The number of amides is 2. The van der Waals surface area contributed by atoms with Gasteiger partial charge in [0.15, 0.2) is 5.11 Å². The number of nitrogens with zero attached hydrogens (tertiary/aromatic N) is 4. The van der Waals surface area contributed by atoms with Crippen LogP contribution >= 0.6 is 23.8 Å². The smallest absolute Gasteiger partial charge is 0.256 e. The molecule has 10 heteroatoms. The van der Waals surface area contributed by atoms with Crippen LogP contribution in [0.25, 0.3) is 0 Å². The van der Waals surface area contributed by atoms with E-state index in [1.165, 1.54) is 4.90 Å². The van der Waals surface area contributed by atoms with Crippen LogP contribution in [0.5, 0.6) is 5.75 Å². The predicted octanol–water partition coefficient (Wildman–Crippen LogP) is 4.10. The molecule has 204 valence electrons. The minimum absolute atomic E-state index is 0.00561. The quantitative estimate of drug-likeness (QED) is 0.417. The monoisotopic (exact) mass is 557 g/mol. The average molecular weight is 558 g/mol. The number of anilines is 2. The van der Waals surface area contributed by atoms with Crippen LogP contribution in [0.15, 0.2) is 48.5 Å². The van der Waals surface area contributed by atoms with Gasteiger partial charge in [0.2, 0.25) is 5.91 Å². The number of halogens is 1. The molecule has 2 heterocycles. The molecule has 2 aromatic carbocycles. The summed E-state index contributed by atoms with van der Waals surface area (Å²) in [5.74, 6) is 0.317. The molecule has 8 nitrogen and oxygen atoms in total. The van der Waals surface area contributed by atoms with E-state index in [1.807, 2.05) is 24.0 Å². The van der Waals surface area contributed by atoms with E-state index in [2.05, 4.69) is 22.2 Å². The highest BCUT2D eigenvalue weighted by Gasteiger charge is 2.43. The molecule has 1 unspecified atom stereocenters. The Morgan fingerprint density at radius 1 is 1.05 bits per heavy atom. The number of carbonyl (C=O) groups excluding carboxylic acids is 2. The summed E-state index contributed by atoms with van der Waals surface area (Å²) in [5.41, 5.74) is 1.31. The van der Waals surface area contributed by atoms with Gasteiger partial charge in [-0.2, -0.15) is 0 Å². The number of rotatable bonds is 11. The highest BCUT2D eigenvalue weighted by atomic mass is 35.5. The number of benzene rings is 2. The minimum Gasteiger partial charge on any atom is -0.494 e. The maximum absolute atomic E-state index is 13.6. The second-order valence-corrected chi connectivity index (χ2v) is 10.6. The SMILES string of the molecule is CCCOc1ccc(NC(=O)CC2C(=O)N(c3ccc(Cl)cc3)C(=S)N2CCCN2CCN(C)CC2)cc1. The van der Waals surface area contributed by atoms with E-state index in [0.717, 1.165) is 51.3 Å². The van der Waals surface area contributed by atoms with Crippen LogP contribution in [0.1, 0.15) is 26.2 Å². The number of piperazine rings is 1. The van der Waals surface area contributed by atoms with Gasteiger partial charge < -0.3 is 24.8 Å². The number of nitrogens with one attached hydrogen (secondary N) is 1. The predicted molar refractivity (Wildman–Crippen MR) is 156 cm³/mol. The molecule has 0 aliphatic carbocycles. The lowest BCUT2D eigenvalue weighted by Crippen LogP contribution is -2.45. The molecule has 2 saturated heterocycles. The molecule has 2 amide bonds. The van der Waals surface area contributed by atoms with Crippen molar-refractivity contribution in [1.29, 1.82) is 0 Å². The van der Waals surface area contributed by atoms with Gasteiger partial charge in [-0.15, -0.1) is 0 Å².